The molecule has 1 aromatic heterocycles. The molecule has 1 aromatic rings. The summed E-state index contributed by atoms with van der Waals surface area (Å²) in [6.45, 7) is 5.83. The minimum absolute atomic E-state index is 0.0113. The number of nitrogens with one attached hydrogen (secondary N) is 1. The van der Waals surface area contributed by atoms with E-state index in [1.807, 2.05) is 19.1 Å². The van der Waals surface area contributed by atoms with Gasteiger partial charge in [-0.3, -0.25) is 4.79 Å². The van der Waals surface area contributed by atoms with Crippen molar-refractivity contribution in [1.82, 2.24) is 15.5 Å². The van der Waals surface area contributed by atoms with Crippen LogP contribution in [0.1, 0.15) is 33.1 Å². The Kier molecular flexibility index (Phi) is 6.12. The van der Waals surface area contributed by atoms with E-state index in [1.54, 1.807) is 13.3 Å². The summed E-state index contributed by atoms with van der Waals surface area (Å²) in [4.78, 5) is 14.6. The monoisotopic (exact) mass is 306 g/mol. The molecule has 6 heteroatoms. The molecule has 22 heavy (non-hydrogen) atoms. The Bertz CT molecular complexity index is 468. The van der Waals surface area contributed by atoms with Crippen LogP contribution in [0.15, 0.2) is 18.3 Å². The molecule has 0 bridgehead atoms. The van der Waals surface area contributed by atoms with Crippen LogP contribution in [-0.4, -0.2) is 48.4 Å². The normalized spacial score (nSPS) is 21.2. The van der Waals surface area contributed by atoms with Crippen molar-refractivity contribution in [3.63, 3.8) is 0 Å². The van der Waals surface area contributed by atoms with Gasteiger partial charge >= 0.3 is 0 Å². The lowest BCUT2D eigenvalue weighted by molar-refractivity contribution is -0.134. The number of carbonyl (C=O) groups excluding carboxylic acids is 1. The van der Waals surface area contributed by atoms with Gasteiger partial charge in [-0.1, -0.05) is 20.3 Å². The fourth-order valence-electron chi connectivity index (χ4n) is 2.86. The van der Waals surface area contributed by atoms with Crippen molar-refractivity contribution in [1.29, 1.82) is 0 Å². The minimum atomic E-state index is -0.378. The second-order valence-corrected chi connectivity index (χ2v) is 5.92. The Hall–Kier alpha value is -1.69. The van der Waals surface area contributed by atoms with Gasteiger partial charge in [0, 0.05) is 32.4 Å². The maximum absolute atomic E-state index is 12.4. The first-order chi connectivity index (χ1) is 10.7. The molecule has 2 rings (SSSR count). The topological polar surface area (TPSA) is 67.3 Å². The van der Waals surface area contributed by atoms with E-state index in [4.69, 9.17) is 4.74 Å². The van der Waals surface area contributed by atoms with Gasteiger partial charge in [-0.25, -0.2) is 0 Å². The zero-order chi connectivity index (χ0) is 15.9. The molecule has 1 aliphatic rings. The quantitative estimate of drug-likeness (QED) is 0.865. The van der Waals surface area contributed by atoms with Crippen molar-refractivity contribution in [3.8, 4) is 0 Å². The van der Waals surface area contributed by atoms with E-state index < -0.39 is 0 Å². The first-order valence-corrected chi connectivity index (χ1v) is 8.01. The molecule has 6 nitrogen and oxygen atoms in total. The molecule has 1 saturated heterocycles. The number of hydrogen-bond acceptors (Lipinski definition) is 5. The van der Waals surface area contributed by atoms with Crippen molar-refractivity contribution in [2.24, 2.45) is 5.92 Å². The largest absolute Gasteiger partial charge is 0.371 e. The summed E-state index contributed by atoms with van der Waals surface area (Å²) in [6.07, 6.45) is 4.23. The lowest BCUT2D eigenvalue weighted by Gasteiger charge is -2.34. The number of nitrogens with zero attached hydrogens (tertiary/aromatic N) is 3. The molecular weight excluding hydrogens is 280 g/mol. The zero-order valence-corrected chi connectivity index (χ0v) is 13.7. The molecule has 122 valence electrons. The Morgan fingerprint density at radius 3 is 3.05 bits per heavy atom. The highest BCUT2D eigenvalue weighted by Gasteiger charge is 2.28. The van der Waals surface area contributed by atoms with Crippen LogP contribution in [0.3, 0.4) is 0 Å². The Balaban J connectivity index is 1.94. The standard InChI is InChI=1S/C16H26N4O2/c1-4-12(2)15(22-3)16(21)18-13-7-6-10-20(11-13)14-8-5-9-17-19-14/h5,8-9,12-13,15H,4,6-7,10-11H2,1-3H3,(H,18,21). The summed E-state index contributed by atoms with van der Waals surface area (Å²) in [7, 11) is 1.60. The van der Waals surface area contributed by atoms with Gasteiger partial charge in [0.2, 0.25) is 5.91 Å². The molecule has 0 aliphatic carbocycles. The number of ether oxygens (including phenoxy) is 1. The molecule has 0 saturated carbocycles. The number of hydrogen-bond donors (Lipinski definition) is 1. The third-order valence-electron chi connectivity index (χ3n) is 4.32. The fourth-order valence-corrected chi connectivity index (χ4v) is 2.86. The van der Waals surface area contributed by atoms with Crippen molar-refractivity contribution >= 4 is 11.7 Å². The van der Waals surface area contributed by atoms with E-state index in [0.29, 0.717) is 0 Å². The third kappa shape index (κ3) is 4.16. The summed E-state index contributed by atoms with van der Waals surface area (Å²) in [6, 6.07) is 3.97. The van der Waals surface area contributed by atoms with Crippen LogP contribution in [0.25, 0.3) is 0 Å². The number of piperidine rings is 1. The maximum Gasteiger partial charge on any atom is 0.249 e. The number of carbonyl (C=O) groups is 1. The molecule has 1 fully saturated rings. The predicted octanol–water partition coefficient (Wildman–Crippen LogP) is 1.62. The molecule has 0 spiro atoms. The van der Waals surface area contributed by atoms with Crippen LogP contribution in [-0.2, 0) is 9.53 Å². The van der Waals surface area contributed by atoms with Gasteiger partial charge in [0.15, 0.2) is 5.82 Å². The number of rotatable bonds is 6. The van der Waals surface area contributed by atoms with E-state index in [0.717, 1.165) is 38.2 Å². The first-order valence-electron chi connectivity index (χ1n) is 8.01. The average Bonchev–Trinajstić information content (AvgIpc) is 2.56. The Labute approximate surface area is 132 Å². The molecule has 1 N–H and O–H groups in total. The van der Waals surface area contributed by atoms with E-state index in [1.165, 1.54) is 0 Å². The highest BCUT2D eigenvalue weighted by molar-refractivity contribution is 5.81. The van der Waals surface area contributed by atoms with E-state index in [-0.39, 0.29) is 24.0 Å². The maximum atomic E-state index is 12.4. The van der Waals surface area contributed by atoms with Gasteiger partial charge in [0.05, 0.1) is 0 Å². The molecule has 1 aliphatic heterocycles. The summed E-state index contributed by atoms with van der Waals surface area (Å²) in [5.74, 6) is 1.07. The summed E-state index contributed by atoms with van der Waals surface area (Å²) in [5.41, 5.74) is 0. The van der Waals surface area contributed by atoms with Crippen molar-refractivity contribution in [3.05, 3.63) is 18.3 Å². The zero-order valence-electron chi connectivity index (χ0n) is 13.7. The van der Waals surface area contributed by atoms with Crippen LogP contribution >= 0.6 is 0 Å². The van der Waals surface area contributed by atoms with Gasteiger partial charge in [-0.15, -0.1) is 5.10 Å². The second-order valence-electron chi connectivity index (χ2n) is 5.92. The predicted molar refractivity (Wildman–Crippen MR) is 85.7 cm³/mol. The summed E-state index contributed by atoms with van der Waals surface area (Å²) < 4.78 is 5.37. The fraction of sp³-hybridized carbons (Fsp3) is 0.688. The number of amides is 1. The summed E-state index contributed by atoms with van der Waals surface area (Å²) in [5, 5.41) is 11.2. The van der Waals surface area contributed by atoms with Crippen molar-refractivity contribution < 1.29 is 9.53 Å². The average molecular weight is 306 g/mol. The lowest BCUT2D eigenvalue weighted by Crippen LogP contribution is -2.51. The van der Waals surface area contributed by atoms with E-state index >= 15 is 0 Å². The molecule has 3 unspecified atom stereocenters. The smallest absolute Gasteiger partial charge is 0.249 e. The first kappa shape index (κ1) is 16.7. The van der Waals surface area contributed by atoms with Crippen LogP contribution in [0.2, 0.25) is 0 Å². The number of aromatic nitrogens is 2. The van der Waals surface area contributed by atoms with Crippen LogP contribution in [0, 0.1) is 5.92 Å². The van der Waals surface area contributed by atoms with Crippen LogP contribution in [0.4, 0.5) is 5.82 Å². The molecule has 3 atom stereocenters. The molecular formula is C16H26N4O2. The highest BCUT2D eigenvalue weighted by Crippen LogP contribution is 2.18. The van der Waals surface area contributed by atoms with Crippen molar-refractivity contribution in [2.45, 2.75) is 45.3 Å². The Morgan fingerprint density at radius 1 is 1.59 bits per heavy atom. The Morgan fingerprint density at radius 2 is 2.41 bits per heavy atom. The third-order valence-corrected chi connectivity index (χ3v) is 4.32. The summed E-state index contributed by atoms with van der Waals surface area (Å²) >= 11 is 0. The van der Waals surface area contributed by atoms with Crippen LogP contribution < -0.4 is 10.2 Å². The molecule has 0 aromatic carbocycles. The van der Waals surface area contributed by atoms with Crippen molar-refractivity contribution in [2.75, 3.05) is 25.1 Å². The van der Waals surface area contributed by atoms with Gasteiger partial charge in [-0.05, 0) is 30.9 Å². The SMILES string of the molecule is CCC(C)C(OC)C(=O)NC1CCCN(c2cccnn2)C1. The second kappa shape index (κ2) is 8.08. The highest BCUT2D eigenvalue weighted by atomic mass is 16.5. The molecule has 1 amide bonds. The van der Waals surface area contributed by atoms with Crippen LogP contribution in [0.5, 0.6) is 0 Å². The molecule has 2 heterocycles. The van der Waals surface area contributed by atoms with E-state index in [9.17, 15) is 4.79 Å². The van der Waals surface area contributed by atoms with Gasteiger partial charge in [0.25, 0.3) is 0 Å². The van der Waals surface area contributed by atoms with E-state index in [2.05, 4.69) is 27.3 Å². The van der Waals surface area contributed by atoms with Gasteiger partial charge in [0.1, 0.15) is 6.10 Å². The van der Waals surface area contributed by atoms with Gasteiger partial charge in [-0.2, -0.15) is 5.10 Å². The van der Waals surface area contributed by atoms with Gasteiger partial charge < -0.3 is 15.0 Å². The molecule has 0 radical (unpaired) electrons. The lowest BCUT2D eigenvalue weighted by atomic mass is 9.99. The minimum Gasteiger partial charge on any atom is -0.371 e. The number of methoxy groups -OCH3 is 1. The number of anilines is 1.